The first-order chi connectivity index (χ1) is 13.7. The fourth-order valence-electron chi connectivity index (χ4n) is 3.29. The van der Waals surface area contributed by atoms with E-state index in [1.807, 2.05) is 30.3 Å². The minimum absolute atomic E-state index is 0.122. The second-order valence-corrected chi connectivity index (χ2v) is 6.29. The number of benzene rings is 2. The Labute approximate surface area is 162 Å². The van der Waals surface area contributed by atoms with Gasteiger partial charge in [0.05, 0.1) is 32.0 Å². The van der Waals surface area contributed by atoms with E-state index in [1.165, 1.54) is 0 Å². The number of hydrogen-bond donors (Lipinski definition) is 0. The molecule has 0 aliphatic carbocycles. The van der Waals surface area contributed by atoms with Crippen molar-refractivity contribution in [2.24, 2.45) is 4.99 Å². The van der Waals surface area contributed by atoms with Crippen molar-refractivity contribution in [3.63, 3.8) is 0 Å². The number of rotatable bonds is 5. The SMILES string of the molecule is COc1cc2nncc(C(C#N)C3=N[C@@H](c4ccccc4)CO3)c2cc1OC. The van der Waals surface area contributed by atoms with Crippen LogP contribution in [0.5, 0.6) is 11.5 Å². The van der Waals surface area contributed by atoms with Crippen LogP contribution in [0.25, 0.3) is 10.9 Å². The van der Waals surface area contributed by atoms with Crippen LogP contribution < -0.4 is 9.47 Å². The molecule has 0 N–H and O–H groups in total. The average molecular weight is 374 g/mol. The zero-order valence-electron chi connectivity index (χ0n) is 15.5. The van der Waals surface area contributed by atoms with Crippen LogP contribution in [-0.4, -0.2) is 36.9 Å². The topological polar surface area (TPSA) is 89.6 Å². The summed E-state index contributed by atoms with van der Waals surface area (Å²) in [7, 11) is 3.12. The lowest BCUT2D eigenvalue weighted by Gasteiger charge is -2.13. The number of methoxy groups -OCH3 is 2. The zero-order chi connectivity index (χ0) is 19.5. The van der Waals surface area contributed by atoms with Gasteiger partial charge in [0, 0.05) is 17.0 Å². The first kappa shape index (κ1) is 17.7. The van der Waals surface area contributed by atoms with Crippen LogP contribution in [0.4, 0.5) is 0 Å². The molecule has 2 heterocycles. The number of ether oxygens (including phenoxy) is 3. The molecule has 1 aliphatic heterocycles. The molecule has 28 heavy (non-hydrogen) atoms. The van der Waals surface area contributed by atoms with Gasteiger partial charge in [-0.05, 0) is 11.6 Å². The first-order valence-electron chi connectivity index (χ1n) is 8.77. The fraction of sp³-hybridized carbons (Fsp3) is 0.238. The molecule has 0 saturated heterocycles. The number of aliphatic imine (C=N–C) groups is 1. The van der Waals surface area contributed by atoms with Gasteiger partial charge in [0.25, 0.3) is 0 Å². The molecular weight excluding hydrogens is 356 g/mol. The van der Waals surface area contributed by atoms with Gasteiger partial charge in [-0.3, -0.25) is 0 Å². The molecule has 0 amide bonds. The summed E-state index contributed by atoms with van der Waals surface area (Å²) < 4.78 is 16.5. The van der Waals surface area contributed by atoms with Crippen molar-refractivity contribution in [2.75, 3.05) is 20.8 Å². The molecule has 0 saturated carbocycles. The fourth-order valence-corrected chi connectivity index (χ4v) is 3.29. The van der Waals surface area contributed by atoms with Gasteiger partial charge in [-0.2, -0.15) is 15.5 Å². The average Bonchev–Trinajstić information content (AvgIpc) is 3.24. The van der Waals surface area contributed by atoms with E-state index in [9.17, 15) is 5.26 Å². The molecule has 7 heteroatoms. The normalized spacial score (nSPS) is 16.8. The summed E-state index contributed by atoms with van der Waals surface area (Å²) in [6.07, 6.45) is 1.57. The number of fused-ring (bicyclic) bond motifs is 1. The number of hydrogen-bond acceptors (Lipinski definition) is 7. The van der Waals surface area contributed by atoms with Crippen molar-refractivity contribution < 1.29 is 14.2 Å². The van der Waals surface area contributed by atoms with E-state index in [-0.39, 0.29) is 6.04 Å². The summed E-state index contributed by atoms with van der Waals surface area (Å²) >= 11 is 0. The Bertz CT molecular complexity index is 1080. The van der Waals surface area contributed by atoms with Crippen LogP contribution in [0.15, 0.2) is 53.7 Å². The molecule has 2 aromatic carbocycles. The van der Waals surface area contributed by atoms with Gasteiger partial charge in [0.2, 0.25) is 5.90 Å². The number of aromatic nitrogens is 2. The second kappa shape index (κ2) is 7.53. The molecule has 140 valence electrons. The van der Waals surface area contributed by atoms with Gasteiger partial charge in [0.15, 0.2) is 11.5 Å². The predicted molar refractivity (Wildman–Crippen MR) is 104 cm³/mol. The van der Waals surface area contributed by atoms with Gasteiger partial charge in [0.1, 0.15) is 18.6 Å². The smallest absolute Gasteiger partial charge is 0.206 e. The molecule has 4 rings (SSSR count). The summed E-state index contributed by atoms with van der Waals surface area (Å²) in [6, 6.07) is 15.6. The first-order valence-corrected chi connectivity index (χ1v) is 8.77. The third-order valence-electron chi connectivity index (χ3n) is 4.72. The zero-order valence-corrected chi connectivity index (χ0v) is 15.5. The minimum atomic E-state index is -0.690. The Morgan fingerprint density at radius 3 is 2.61 bits per heavy atom. The maximum atomic E-state index is 9.87. The van der Waals surface area contributed by atoms with Crippen LogP contribution in [0.2, 0.25) is 0 Å². The van der Waals surface area contributed by atoms with Crippen LogP contribution >= 0.6 is 0 Å². The van der Waals surface area contributed by atoms with Gasteiger partial charge in [-0.15, -0.1) is 0 Å². The highest BCUT2D eigenvalue weighted by molar-refractivity contribution is 5.94. The summed E-state index contributed by atoms with van der Waals surface area (Å²) in [5.41, 5.74) is 2.33. The van der Waals surface area contributed by atoms with E-state index >= 15 is 0 Å². The molecule has 7 nitrogen and oxygen atoms in total. The monoisotopic (exact) mass is 374 g/mol. The van der Waals surface area contributed by atoms with Gasteiger partial charge >= 0.3 is 0 Å². The van der Waals surface area contributed by atoms with Crippen LogP contribution in [-0.2, 0) is 4.74 Å². The van der Waals surface area contributed by atoms with E-state index in [2.05, 4.69) is 21.3 Å². The second-order valence-electron chi connectivity index (χ2n) is 6.29. The molecule has 1 unspecified atom stereocenters. The highest BCUT2D eigenvalue weighted by Gasteiger charge is 2.30. The van der Waals surface area contributed by atoms with Gasteiger partial charge in [-0.25, -0.2) is 4.99 Å². The molecule has 0 fully saturated rings. The van der Waals surface area contributed by atoms with Gasteiger partial charge < -0.3 is 14.2 Å². The van der Waals surface area contributed by atoms with E-state index < -0.39 is 5.92 Å². The lowest BCUT2D eigenvalue weighted by molar-refractivity contribution is 0.311. The molecule has 0 spiro atoms. The lowest BCUT2D eigenvalue weighted by atomic mass is 9.97. The Balaban J connectivity index is 1.77. The standard InChI is InChI=1S/C21H18N4O3/c1-26-19-8-14-16(11-23-25-17(14)9-20(19)27-2)15(10-22)21-24-18(12-28-21)13-6-4-3-5-7-13/h3-9,11,15,18H,12H2,1-2H3/t15?,18-/m1/s1. The molecule has 3 aromatic rings. The van der Waals surface area contributed by atoms with E-state index in [4.69, 9.17) is 14.2 Å². The molecule has 0 bridgehead atoms. The Morgan fingerprint density at radius 1 is 1.14 bits per heavy atom. The Morgan fingerprint density at radius 2 is 1.89 bits per heavy atom. The van der Waals surface area contributed by atoms with E-state index in [0.29, 0.717) is 35.1 Å². The van der Waals surface area contributed by atoms with E-state index in [0.717, 1.165) is 10.9 Å². The quantitative estimate of drug-likeness (QED) is 0.680. The predicted octanol–water partition coefficient (Wildman–Crippen LogP) is 3.42. The largest absolute Gasteiger partial charge is 0.493 e. The van der Waals surface area contributed by atoms with Crippen molar-refractivity contribution >= 4 is 16.8 Å². The van der Waals surface area contributed by atoms with Crippen LogP contribution in [0.1, 0.15) is 23.1 Å². The maximum Gasteiger partial charge on any atom is 0.206 e. The van der Waals surface area contributed by atoms with Crippen LogP contribution in [0.3, 0.4) is 0 Å². The molecule has 1 aromatic heterocycles. The highest BCUT2D eigenvalue weighted by Crippen LogP contribution is 2.36. The number of nitrogens with zero attached hydrogens (tertiary/aromatic N) is 4. The molecule has 0 radical (unpaired) electrons. The number of nitriles is 1. The van der Waals surface area contributed by atoms with E-state index in [1.54, 1.807) is 32.5 Å². The van der Waals surface area contributed by atoms with Gasteiger partial charge in [-0.1, -0.05) is 30.3 Å². The van der Waals surface area contributed by atoms with Crippen molar-refractivity contribution in [1.29, 1.82) is 5.26 Å². The Hall–Kier alpha value is -3.66. The summed E-state index contributed by atoms with van der Waals surface area (Å²) in [6.45, 7) is 0.408. The third kappa shape index (κ3) is 3.09. The van der Waals surface area contributed by atoms with Crippen molar-refractivity contribution in [2.45, 2.75) is 12.0 Å². The summed E-state index contributed by atoms with van der Waals surface area (Å²) in [4.78, 5) is 4.66. The maximum absolute atomic E-state index is 9.87. The van der Waals surface area contributed by atoms with Crippen LogP contribution in [0, 0.1) is 11.3 Å². The van der Waals surface area contributed by atoms with Crippen molar-refractivity contribution in [3.05, 3.63) is 59.8 Å². The van der Waals surface area contributed by atoms with Crippen molar-refractivity contribution in [3.8, 4) is 17.6 Å². The summed E-state index contributed by atoms with van der Waals surface area (Å²) in [5.74, 6) is 0.802. The molecule has 1 aliphatic rings. The summed E-state index contributed by atoms with van der Waals surface area (Å²) in [5, 5.41) is 18.8. The highest BCUT2D eigenvalue weighted by atomic mass is 16.5. The lowest BCUT2D eigenvalue weighted by Crippen LogP contribution is -2.12. The Kier molecular flexibility index (Phi) is 4.77. The minimum Gasteiger partial charge on any atom is -0.493 e. The van der Waals surface area contributed by atoms with Crippen molar-refractivity contribution in [1.82, 2.24) is 10.2 Å². The molecular formula is C21H18N4O3. The molecule has 2 atom stereocenters. The third-order valence-corrected chi connectivity index (χ3v) is 4.72.